The maximum atomic E-state index is 12.6. The Morgan fingerprint density at radius 2 is 2.04 bits per heavy atom. The Hall–Kier alpha value is -2.39. The van der Waals surface area contributed by atoms with E-state index in [2.05, 4.69) is 5.32 Å². The molecule has 0 heterocycles. The first kappa shape index (κ1) is 18.9. The van der Waals surface area contributed by atoms with Crippen LogP contribution >= 0.6 is 0 Å². The molecule has 0 saturated heterocycles. The number of carbonyl (C=O) groups excluding carboxylic acids is 2. The molecule has 4 aliphatic carbocycles. The number of carbonyl (C=O) groups is 2. The Labute approximate surface area is 164 Å². The van der Waals surface area contributed by atoms with Crippen LogP contribution in [0.25, 0.3) is 0 Å². The fourth-order valence-corrected chi connectivity index (χ4v) is 6.12. The molecule has 4 fully saturated rings. The van der Waals surface area contributed by atoms with Crippen molar-refractivity contribution < 1.29 is 19.4 Å². The Kier molecular flexibility index (Phi) is 4.67. The van der Waals surface area contributed by atoms with Gasteiger partial charge in [0.15, 0.2) is 6.10 Å². The van der Waals surface area contributed by atoms with Crippen molar-refractivity contribution in [2.75, 3.05) is 5.32 Å². The van der Waals surface area contributed by atoms with Gasteiger partial charge in [0, 0.05) is 5.69 Å². The second-order valence-electron chi connectivity index (χ2n) is 9.18. The SMILES string of the molecule is C[C@@H](OC(=O)CC12C[C@@H]3C[C@@H](CC(O)(C3)C1)C2)C(=O)Nc1cccc(C#N)c1. The van der Waals surface area contributed by atoms with E-state index in [9.17, 15) is 14.7 Å². The van der Waals surface area contributed by atoms with Gasteiger partial charge in [-0.25, -0.2) is 0 Å². The van der Waals surface area contributed by atoms with E-state index in [0.29, 0.717) is 29.5 Å². The van der Waals surface area contributed by atoms with Crippen molar-refractivity contribution in [3.05, 3.63) is 29.8 Å². The van der Waals surface area contributed by atoms with E-state index in [-0.39, 0.29) is 17.8 Å². The van der Waals surface area contributed by atoms with E-state index in [0.717, 1.165) is 25.7 Å². The topological polar surface area (TPSA) is 99.4 Å². The first-order chi connectivity index (χ1) is 13.3. The number of aliphatic hydroxyl groups is 1. The zero-order chi connectivity index (χ0) is 19.9. The van der Waals surface area contributed by atoms with Gasteiger partial charge in [-0.05, 0) is 80.9 Å². The summed E-state index contributed by atoms with van der Waals surface area (Å²) in [4.78, 5) is 24.9. The van der Waals surface area contributed by atoms with E-state index >= 15 is 0 Å². The van der Waals surface area contributed by atoms with Crippen LogP contribution in [-0.2, 0) is 14.3 Å². The van der Waals surface area contributed by atoms with E-state index in [1.165, 1.54) is 6.42 Å². The highest BCUT2D eigenvalue weighted by Crippen LogP contribution is 2.62. The molecular formula is C22H26N2O4. The lowest BCUT2D eigenvalue weighted by Gasteiger charge is -2.60. The predicted octanol–water partition coefficient (Wildman–Crippen LogP) is 3.15. The summed E-state index contributed by atoms with van der Waals surface area (Å²) in [7, 11) is 0. The quantitative estimate of drug-likeness (QED) is 0.762. The summed E-state index contributed by atoms with van der Waals surface area (Å²) in [6.45, 7) is 1.55. The van der Waals surface area contributed by atoms with Crippen LogP contribution in [0.5, 0.6) is 0 Å². The van der Waals surface area contributed by atoms with Crippen LogP contribution in [0.15, 0.2) is 24.3 Å². The molecule has 148 valence electrons. The van der Waals surface area contributed by atoms with Crippen LogP contribution < -0.4 is 5.32 Å². The zero-order valence-corrected chi connectivity index (χ0v) is 16.1. The Morgan fingerprint density at radius 1 is 1.32 bits per heavy atom. The zero-order valence-electron chi connectivity index (χ0n) is 16.1. The summed E-state index contributed by atoms with van der Waals surface area (Å²) in [6.07, 6.45) is 4.86. The number of esters is 1. The number of nitrogens with zero attached hydrogens (tertiary/aromatic N) is 1. The van der Waals surface area contributed by atoms with E-state index in [1.54, 1.807) is 31.2 Å². The van der Waals surface area contributed by atoms with Gasteiger partial charge in [-0.3, -0.25) is 9.59 Å². The summed E-state index contributed by atoms with van der Waals surface area (Å²) in [6, 6.07) is 8.61. The van der Waals surface area contributed by atoms with Crippen molar-refractivity contribution >= 4 is 17.6 Å². The number of rotatable bonds is 5. The van der Waals surface area contributed by atoms with Crippen molar-refractivity contribution in [1.29, 1.82) is 5.26 Å². The third-order valence-electron chi connectivity index (χ3n) is 6.61. The first-order valence-electron chi connectivity index (χ1n) is 10.0. The van der Waals surface area contributed by atoms with Crippen molar-refractivity contribution in [3.63, 3.8) is 0 Å². The van der Waals surface area contributed by atoms with Gasteiger partial charge >= 0.3 is 5.97 Å². The molecule has 0 aromatic heterocycles. The largest absolute Gasteiger partial charge is 0.453 e. The van der Waals surface area contributed by atoms with Crippen LogP contribution in [-0.4, -0.2) is 28.7 Å². The normalized spacial score (nSPS) is 33.8. The Balaban J connectivity index is 1.34. The summed E-state index contributed by atoms with van der Waals surface area (Å²) < 4.78 is 5.42. The molecule has 4 aliphatic rings. The van der Waals surface area contributed by atoms with Gasteiger partial charge in [0.2, 0.25) is 0 Å². The average molecular weight is 382 g/mol. The van der Waals surface area contributed by atoms with Crippen molar-refractivity contribution in [2.24, 2.45) is 17.3 Å². The third-order valence-corrected chi connectivity index (χ3v) is 6.61. The van der Waals surface area contributed by atoms with E-state index in [1.807, 2.05) is 6.07 Å². The van der Waals surface area contributed by atoms with E-state index < -0.39 is 17.6 Å². The molecule has 2 N–H and O–H groups in total. The molecule has 4 bridgehead atoms. The molecule has 4 saturated carbocycles. The highest BCUT2D eigenvalue weighted by molar-refractivity contribution is 5.95. The minimum Gasteiger partial charge on any atom is -0.453 e. The first-order valence-corrected chi connectivity index (χ1v) is 10.0. The minimum atomic E-state index is -0.921. The smallest absolute Gasteiger partial charge is 0.307 e. The van der Waals surface area contributed by atoms with Crippen LogP contribution in [0, 0.1) is 28.6 Å². The second kappa shape index (κ2) is 6.89. The van der Waals surface area contributed by atoms with Crippen molar-refractivity contribution in [1.82, 2.24) is 0 Å². The monoisotopic (exact) mass is 382 g/mol. The number of nitrogens with one attached hydrogen (secondary N) is 1. The number of anilines is 1. The van der Waals surface area contributed by atoms with Crippen molar-refractivity contribution in [3.8, 4) is 6.07 Å². The van der Waals surface area contributed by atoms with Crippen LogP contribution in [0.3, 0.4) is 0 Å². The molecular weight excluding hydrogens is 356 g/mol. The molecule has 0 aliphatic heterocycles. The van der Waals surface area contributed by atoms with Gasteiger partial charge < -0.3 is 15.2 Å². The number of amides is 1. The molecule has 0 radical (unpaired) electrons. The lowest BCUT2D eigenvalue weighted by molar-refractivity contribution is -0.179. The summed E-state index contributed by atoms with van der Waals surface area (Å²) >= 11 is 0. The molecule has 2 unspecified atom stereocenters. The number of hydrogen-bond acceptors (Lipinski definition) is 5. The standard InChI is InChI=1S/C22H26N2O4/c1-14(20(26)24-18-4-2-3-15(6-18)12-23)28-19(25)11-21-7-16-5-17(8-21)10-22(27,9-16)13-21/h2-4,6,14,16-17,27H,5,7-11,13H2,1H3,(H,24,26)/t14-,16-,17+,21?,22?/m1/s1. The summed E-state index contributed by atoms with van der Waals surface area (Å²) in [5, 5.41) is 22.4. The number of hydrogen-bond donors (Lipinski definition) is 2. The van der Waals surface area contributed by atoms with E-state index in [4.69, 9.17) is 10.00 Å². The van der Waals surface area contributed by atoms with Gasteiger partial charge in [0.25, 0.3) is 5.91 Å². The molecule has 6 heteroatoms. The third kappa shape index (κ3) is 3.77. The Morgan fingerprint density at radius 3 is 2.68 bits per heavy atom. The number of ether oxygens (including phenoxy) is 1. The molecule has 5 atom stereocenters. The van der Waals surface area contributed by atoms with Crippen LogP contribution in [0.2, 0.25) is 0 Å². The summed E-state index contributed by atoms with van der Waals surface area (Å²) in [5.41, 5.74) is 0.157. The van der Waals surface area contributed by atoms with Crippen LogP contribution in [0.4, 0.5) is 5.69 Å². The van der Waals surface area contributed by atoms with Gasteiger partial charge in [-0.2, -0.15) is 5.26 Å². The lowest BCUT2D eigenvalue weighted by atomic mass is 9.47. The number of benzene rings is 1. The molecule has 6 nitrogen and oxygen atoms in total. The second-order valence-corrected chi connectivity index (χ2v) is 9.18. The van der Waals surface area contributed by atoms with Gasteiger partial charge in [0.1, 0.15) is 0 Å². The van der Waals surface area contributed by atoms with Crippen molar-refractivity contribution in [2.45, 2.75) is 63.6 Å². The Bertz CT molecular complexity index is 829. The van der Waals surface area contributed by atoms with Crippen LogP contribution in [0.1, 0.15) is 57.4 Å². The molecule has 1 aromatic carbocycles. The maximum absolute atomic E-state index is 12.6. The number of nitriles is 1. The highest BCUT2D eigenvalue weighted by Gasteiger charge is 2.57. The molecule has 5 rings (SSSR count). The predicted molar refractivity (Wildman–Crippen MR) is 102 cm³/mol. The molecule has 1 aromatic rings. The summed E-state index contributed by atoms with van der Waals surface area (Å²) in [5.74, 6) is 0.214. The fourth-order valence-electron chi connectivity index (χ4n) is 6.12. The highest BCUT2D eigenvalue weighted by atomic mass is 16.5. The fraction of sp³-hybridized carbons (Fsp3) is 0.591. The molecule has 1 amide bonds. The van der Waals surface area contributed by atoms with Gasteiger partial charge in [-0.15, -0.1) is 0 Å². The molecule has 28 heavy (non-hydrogen) atoms. The van der Waals surface area contributed by atoms with Gasteiger partial charge in [0.05, 0.1) is 23.7 Å². The van der Waals surface area contributed by atoms with Gasteiger partial charge in [-0.1, -0.05) is 6.07 Å². The lowest BCUT2D eigenvalue weighted by Crippen LogP contribution is -2.56. The average Bonchev–Trinajstić information content (AvgIpc) is 2.59. The minimum absolute atomic E-state index is 0.173. The maximum Gasteiger partial charge on any atom is 0.307 e. The molecule has 0 spiro atoms.